The van der Waals surface area contributed by atoms with Gasteiger partial charge in [-0.15, -0.1) is 10.2 Å². The van der Waals surface area contributed by atoms with Gasteiger partial charge in [0, 0.05) is 0 Å². The third-order valence-corrected chi connectivity index (χ3v) is 4.93. The van der Waals surface area contributed by atoms with Crippen LogP contribution in [0.4, 0.5) is 0 Å². The first kappa shape index (κ1) is 16.3. The maximum Gasteiger partial charge on any atom is 0.234 e. The van der Waals surface area contributed by atoms with Crippen molar-refractivity contribution in [2.45, 2.75) is 39.0 Å². The van der Waals surface area contributed by atoms with Crippen molar-refractivity contribution in [3.63, 3.8) is 0 Å². The lowest BCUT2D eigenvalue weighted by Gasteiger charge is -2.14. The Bertz CT molecular complexity index is 810. The summed E-state index contributed by atoms with van der Waals surface area (Å²) in [5.41, 5.74) is 2.42. The number of hydrogen-bond acceptors (Lipinski definition) is 6. The smallest absolute Gasteiger partial charge is 0.234 e. The predicted molar refractivity (Wildman–Crippen MR) is 95.5 cm³/mol. The number of benzene rings is 1. The fourth-order valence-electron chi connectivity index (χ4n) is 2.36. The second-order valence-electron chi connectivity index (χ2n) is 5.72. The lowest BCUT2D eigenvalue weighted by Crippen LogP contribution is -2.01. The van der Waals surface area contributed by atoms with E-state index in [0.29, 0.717) is 12.5 Å². The molecule has 0 amide bonds. The van der Waals surface area contributed by atoms with E-state index in [2.05, 4.69) is 54.3 Å². The van der Waals surface area contributed by atoms with Gasteiger partial charge in [-0.2, -0.15) is 21.4 Å². The van der Waals surface area contributed by atoms with Crippen LogP contribution in [0.15, 0.2) is 18.2 Å². The minimum atomic E-state index is 0.427. The molecule has 0 N–H and O–H groups in total. The van der Waals surface area contributed by atoms with E-state index in [4.69, 9.17) is 4.74 Å². The van der Waals surface area contributed by atoms with Gasteiger partial charge in [-0.3, -0.25) is 0 Å². The van der Waals surface area contributed by atoms with E-state index in [1.165, 1.54) is 22.5 Å². The van der Waals surface area contributed by atoms with Crippen molar-refractivity contribution in [2.24, 2.45) is 0 Å². The van der Waals surface area contributed by atoms with Gasteiger partial charge in [0.1, 0.15) is 12.4 Å². The first-order valence-electron chi connectivity index (χ1n) is 7.50. The number of fused-ring (bicyclic) bond motifs is 1. The SMILES string of the molecule is CSCc1nnc2sc(COc3cc(C)ccc3C(C)C)nn12. The molecule has 2 heterocycles. The van der Waals surface area contributed by atoms with Crippen LogP contribution >= 0.6 is 23.1 Å². The lowest BCUT2D eigenvalue weighted by molar-refractivity contribution is 0.299. The van der Waals surface area contributed by atoms with Gasteiger partial charge in [0.2, 0.25) is 4.96 Å². The standard InChI is InChI=1S/C16H20N4OS2/c1-10(2)12-6-5-11(3)7-13(12)21-8-15-19-20-14(9-22-4)17-18-16(20)23-15/h5-7,10H,8-9H2,1-4H3. The van der Waals surface area contributed by atoms with Gasteiger partial charge in [0.25, 0.3) is 0 Å². The van der Waals surface area contributed by atoms with Crippen LogP contribution in [0.5, 0.6) is 5.75 Å². The fraction of sp³-hybridized carbons (Fsp3) is 0.438. The molecule has 0 radical (unpaired) electrons. The van der Waals surface area contributed by atoms with Gasteiger partial charge < -0.3 is 4.74 Å². The van der Waals surface area contributed by atoms with Crippen molar-refractivity contribution in [3.8, 4) is 5.75 Å². The van der Waals surface area contributed by atoms with Crippen molar-refractivity contribution in [3.05, 3.63) is 40.2 Å². The summed E-state index contributed by atoms with van der Waals surface area (Å²) in [5, 5.41) is 13.8. The number of hydrogen-bond donors (Lipinski definition) is 0. The molecule has 3 rings (SSSR count). The molecule has 0 aliphatic heterocycles. The molecular formula is C16H20N4OS2. The Morgan fingerprint density at radius 2 is 2.13 bits per heavy atom. The highest BCUT2D eigenvalue weighted by atomic mass is 32.2. The minimum Gasteiger partial charge on any atom is -0.486 e. The zero-order valence-electron chi connectivity index (χ0n) is 13.7. The van der Waals surface area contributed by atoms with Crippen LogP contribution in [0.3, 0.4) is 0 Å². The molecule has 0 saturated heterocycles. The summed E-state index contributed by atoms with van der Waals surface area (Å²) in [6.45, 7) is 6.88. The molecule has 2 aromatic heterocycles. The predicted octanol–water partition coefficient (Wildman–Crippen LogP) is 4.06. The molecule has 0 atom stereocenters. The summed E-state index contributed by atoms with van der Waals surface area (Å²) in [5.74, 6) is 3.06. The van der Waals surface area contributed by atoms with E-state index < -0.39 is 0 Å². The first-order valence-corrected chi connectivity index (χ1v) is 9.71. The maximum atomic E-state index is 6.05. The highest BCUT2D eigenvalue weighted by Gasteiger charge is 2.13. The average molecular weight is 348 g/mol. The summed E-state index contributed by atoms with van der Waals surface area (Å²) in [6.07, 6.45) is 2.04. The maximum absolute atomic E-state index is 6.05. The normalized spacial score (nSPS) is 11.5. The minimum absolute atomic E-state index is 0.427. The third-order valence-electron chi connectivity index (χ3n) is 3.51. The van der Waals surface area contributed by atoms with Gasteiger partial charge >= 0.3 is 0 Å². The number of thioether (sulfide) groups is 1. The number of rotatable bonds is 6. The van der Waals surface area contributed by atoms with Gasteiger partial charge in [0.15, 0.2) is 10.8 Å². The summed E-state index contributed by atoms with van der Waals surface area (Å²) < 4.78 is 7.86. The topological polar surface area (TPSA) is 52.3 Å². The van der Waals surface area contributed by atoms with Crippen LogP contribution in [-0.4, -0.2) is 26.1 Å². The zero-order valence-corrected chi connectivity index (χ0v) is 15.4. The number of aromatic nitrogens is 4. The van der Waals surface area contributed by atoms with E-state index >= 15 is 0 Å². The Morgan fingerprint density at radius 3 is 2.87 bits per heavy atom. The third kappa shape index (κ3) is 3.50. The Labute approximate surface area is 144 Å². The lowest BCUT2D eigenvalue weighted by atomic mass is 10.0. The van der Waals surface area contributed by atoms with Gasteiger partial charge in [-0.25, -0.2) is 0 Å². The molecular weight excluding hydrogens is 328 g/mol. The van der Waals surface area contributed by atoms with Gasteiger partial charge in [-0.1, -0.05) is 37.3 Å². The number of aryl methyl sites for hydroxylation is 1. The van der Waals surface area contributed by atoms with E-state index in [1.807, 2.05) is 10.8 Å². The van der Waals surface area contributed by atoms with E-state index in [-0.39, 0.29) is 0 Å². The van der Waals surface area contributed by atoms with Crippen LogP contribution in [0, 0.1) is 6.92 Å². The quantitative estimate of drug-likeness (QED) is 0.672. The Balaban J connectivity index is 1.79. The molecule has 7 heteroatoms. The Morgan fingerprint density at radius 1 is 1.30 bits per heavy atom. The van der Waals surface area contributed by atoms with Crippen LogP contribution in [0.25, 0.3) is 4.96 Å². The average Bonchev–Trinajstić information content (AvgIpc) is 3.07. The molecule has 0 bridgehead atoms. The fourth-order valence-corrected chi connectivity index (χ4v) is 3.56. The van der Waals surface area contributed by atoms with Crippen molar-refractivity contribution >= 4 is 28.1 Å². The second-order valence-corrected chi connectivity index (χ2v) is 7.63. The molecule has 0 aliphatic rings. The van der Waals surface area contributed by atoms with Crippen molar-refractivity contribution in [1.29, 1.82) is 0 Å². The van der Waals surface area contributed by atoms with Crippen LogP contribution in [0.2, 0.25) is 0 Å². The number of ether oxygens (including phenoxy) is 1. The summed E-state index contributed by atoms with van der Waals surface area (Å²) in [4.78, 5) is 0.820. The second kappa shape index (κ2) is 6.88. The monoisotopic (exact) mass is 348 g/mol. The highest BCUT2D eigenvalue weighted by Crippen LogP contribution is 2.28. The molecule has 0 spiro atoms. The number of nitrogens with zero attached hydrogens (tertiary/aromatic N) is 4. The van der Waals surface area contributed by atoms with Crippen LogP contribution in [-0.2, 0) is 12.4 Å². The van der Waals surface area contributed by atoms with Crippen LogP contribution in [0.1, 0.15) is 41.7 Å². The van der Waals surface area contributed by atoms with Crippen LogP contribution < -0.4 is 4.74 Å². The first-order chi connectivity index (χ1) is 11.1. The summed E-state index contributed by atoms with van der Waals surface area (Å²) >= 11 is 3.24. The molecule has 122 valence electrons. The molecule has 0 saturated carbocycles. The van der Waals surface area contributed by atoms with Crippen molar-refractivity contribution in [2.75, 3.05) is 6.26 Å². The van der Waals surface area contributed by atoms with Crippen molar-refractivity contribution in [1.82, 2.24) is 19.8 Å². The Hall–Kier alpha value is -1.60. The van der Waals surface area contributed by atoms with Gasteiger partial charge in [-0.05, 0) is 36.3 Å². The molecule has 5 nitrogen and oxygen atoms in total. The highest BCUT2D eigenvalue weighted by molar-refractivity contribution is 7.97. The van der Waals surface area contributed by atoms with E-state index in [1.54, 1.807) is 11.8 Å². The largest absolute Gasteiger partial charge is 0.486 e. The van der Waals surface area contributed by atoms with Crippen molar-refractivity contribution < 1.29 is 4.74 Å². The summed E-state index contributed by atoms with van der Waals surface area (Å²) in [7, 11) is 0. The zero-order chi connectivity index (χ0) is 16.4. The summed E-state index contributed by atoms with van der Waals surface area (Å²) in [6, 6.07) is 6.36. The van der Waals surface area contributed by atoms with E-state index in [0.717, 1.165) is 27.3 Å². The Kier molecular flexibility index (Phi) is 4.87. The molecule has 0 fully saturated rings. The van der Waals surface area contributed by atoms with Gasteiger partial charge in [0.05, 0.1) is 5.75 Å². The molecule has 23 heavy (non-hydrogen) atoms. The van der Waals surface area contributed by atoms with E-state index in [9.17, 15) is 0 Å². The molecule has 0 aliphatic carbocycles. The molecule has 1 aromatic carbocycles. The molecule has 0 unspecified atom stereocenters. The molecule has 3 aromatic rings.